The first kappa shape index (κ1) is 16.8. The van der Waals surface area contributed by atoms with E-state index in [1.807, 2.05) is 6.92 Å². The van der Waals surface area contributed by atoms with Crippen LogP contribution in [0, 0.1) is 11.6 Å². The molecule has 2 N–H and O–H groups in total. The molecule has 0 saturated heterocycles. The van der Waals surface area contributed by atoms with Gasteiger partial charge < -0.3 is 10.4 Å². The Bertz CT molecular complexity index is 710. The number of halogens is 2. The van der Waals surface area contributed by atoms with E-state index in [1.54, 1.807) is 0 Å². The number of ketones is 1. The summed E-state index contributed by atoms with van der Waals surface area (Å²) < 4.78 is 28.5. The molecule has 0 aliphatic rings. The summed E-state index contributed by atoms with van der Waals surface area (Å²) in [5.41, 5.74) is -0.463. The van der Waals surface area contributed by atoms with Gasteiger partial charge in [-0.25, -0.2) is 8.78 Å². The SMILES string of the molecule is CCn1cc(C(=O)C(=O)NCC(O)c2c(F)cccc2F)cn1. The van der Waals surface area contributed by atoms with Crippen LogP contribution in [0.4, 0.5) is 8.78 Å². The van der Waals surface area contributed by atoms with E-state index in [1.165, 1.54) is 17.1 Å². The average Bonchev–Trinajstić information content (AvgIpc) is 3.00. The first-order valence-electron chi connectivity index (χ1n) is 6.91. The van der Waals surface area contributed by atoms with Crippen molar-refractivity contribution in [2.24, 2.45) is 0 Å². The summed E-state index contributed by atoms with van der Waals surface area (Å²) in [6.45, 7) is 1.87. The number of benzene rings is 1. The van der Waals surface area contributed by atoms with Gasteiger partial charge in [0.25, 0.3) is 11.7 Å². The first-order valence-corrected chi connectivity index (χ1v) is 6.91. The van der Waals surface area contributed by atoms with Crippen LogP contribution in [-0.2, 0) is 11.3 Å². The highest BCUT2D eigenvalue weighted by atomic mass is 19.1. The zero-order chi connectivity index (χ0) is 17.0. The number of aromatic nitrogens is 2. The van der Waals surface area contributed by atoms with Crippen molar-refractivity contribution < 1.29 is 23.5 Å². The van der Waals surface area contributed by atoms with Crippen LogP contribution in [-0.4, -0.2) is 33.1 Å². The van der Waals surface area contributed by atoms with Crippen molar-refractivity contribution in [2.45, 2.75) is 19.6 Å². The normalized spacial score (nSPS) is 12.0. The molecule has 0 saturated carbocycles. The van der Waals surface area contributed by atoms with E-state index < -0.39 is 41.5 Å². The third-order valence-corrected chi connectivity index (χ3v) is 3.21. The monoisotopic (exact) mass is 323 g/mol. The van der Waals surface area contributed by atoms with Crippen molar-refractivity contribution in [1.29, 1.82) is 0 Å². The number of aliphatic hydroxyl groups excluding tert-OH is 1. The largest absolute Gasteiger partial charge is 0.386 e. The van der Waals surface area contributed by atoms with E-state index >= 15 is 0 Å². The molecule has 0 bridgehead atoms. The number of amides is 1. The molecule has 1 aromatic heterocycles. The smallest absolute Gasteiger partial charge is 0.292 e. The van der Waals surface area contributed by atoms with E-state index in [0.717, 1.165) is 18.2 Å². The molecular formula is C15H15F2N3O3. The van der Waals surface area contributed by atoms with Gasteiger partial charge in [-0.05, 0) is 19.1 Å². The topological polar surface area (TPSA) is 84.2 Å². The third kappa shape index (κ3) is 3.78. The summed E-state index contributed by atoms with van der Waals surface area (Å²) >= 11 is 0. The van der Waals surface area contributed by atoms with Gasteiger partial charge in [0, 0.05) is 19.3 Å². The Balaban J connectivity index is 1.99. The van der Waals surface area contributed by atoms with Crippen LogP contribution in [0.1, 0.15) is 28.9 Å². The van der Waals surface area contributed by atoms with Gasteiger partial charge in [-0.15, -0.1) is 0 Å². The van der Waals surface area contributed by atoms with Crippen molar-refractivity contribution in [1.82, 2.24) is 15.1 Å². The predicted molar refractivity (Wildman–Crippen MR) is 76.6 cm³/mol. The lowest BCUT2D eigenvalue weighted by Gasteiger charge is -2.13. The lowest BCUT2D eigenvalue weighted by Crippen LogP contribution is -2.34. The Labute approximate surface area is 130 Å². The Morgan fingerprint density at radius 1 is 1.35 bits per heavy atom. The van der Waals surface area contributed by atoms with Gasteiger partial charge in [-0.3, -0.25) is 14.3 Å². The molecule has 1 amide bonds. The summed E-state index contributed by atoms with van der Waals surface area (Å²) in [5, 5.41) is 15.8. The fourth-order valence-electron chi connectivity index (χ4n) is 1.99. The number of aliphatic hydroxyl groups is 1. The van der Waals surface area contributed by atoms with Gasteiger partial charge in [-0.2, -0.15) is 5.10 Å². The lowest BCUT2D eigenvalue weighted by atomic mass is 10.1. The highest BCUT2D eigenvalue weighted by molar-refractivity contribution is 6.42. The highest BCUT2D eigenvalue weighted by Gasteiger charge is 2.22. The predicted octanol–water partition coefficient (Wildman–Crippen LogP) is 1.21. The number of carbonyl (C=O) groups is 2. The second kappa shape index (κ2) is 7.10. The molecular weight excluding hydrogens is 308 g/mol. The quantitative estimate of drug-likeness (QED) is 0.618. The second-order valence-corrected chi connectivity index (χ2v) is 4.77. The molecule has 1 aromatic carbocycles. The molecule has 8 heteroatoms. The Kier molecular flexibility index (Phi) is 5.17. The van der Waals surface area contributed by atoms with E-state index in [0.29, 0.717) is 6.54 Å². The fourth-order valence-corrected chi connectivity index (χ4v) is 1.99. The van der Waals surface area contributed by atoms with Crippen LogP contribution in [0.5, 0.6) is 0 Å². The number of nitrogens with zero attached hydrogens (tertiary/aromatic N) is 2. The maximum absolute atomic E-state index is 13.5. The Hall–Kier alpha value is -2.61. The second-order valence-electron chi connectivity index (χ2n) is 4.77. The molecule has 122 valence electrons. The van der Waals surface area contributed by atoms with Crippen molar-refractivity contribution in [3.05, 3.63) is 53.4 Å². The molecule has 23 heavy (non-hydrogen) atoms. The number of hydrogen-bond acceptors (Lipinski definition) is 4. The van der Waals surface area contributed by atoms with E-state index in [9.17, 15) is 23.5 Å². The van der Waals surface area contributed by atoms with Crippen LogP contribution < -0.4 is 5.32 Å². The summed E-state index contributed by atoms with van der Waals surface area (Å²) in [5.74, 6) is -3.69. The summed E-state index contributed by atoms with van der Waals surface area (Å²) in [6.07, 6.45) is 1.05. The minimum Gasteiger partial charge on any atom is -0.386 e. The number of Topliss-reactive ketones (excluding diaryl/α,β-unsaturated/α-hetero) is 1. The lowest BCUT2D eigenvalue weighted by molar-refractivity contribution is -0.117. The van der Waals surface area contributed by atoms with E-state index in [-0.39, 0.29) is 5.56 Å². The number of nitrogens with one attached hydrogen (secondary N) is 1. The third-order valence-electron chi connectivity index (χ3n) is 3.21. The van der Waals surface area contributed by atoms with Crippen molar-refractivity contribution >= 4 is 11.7 Å². The molecule has 1 heterocycles. The van der Waals surface area contributed by atoms with Gasteiger partial charge in [0.1, 0.15) is 17.7 Å². The highest BCUT2D eigenvalue weighted by Crippen LogP contribution is 2.19. The zero-order valence-electron chi connectivity index (χ0n) is 12.3. The molecule has 2 aromatic rings. The summed E-state index contributed by atoms with van der Waals surface area (Å²) in [6, 6.07) is 3.15. The van der Waals surface area contributed by atoms with Crippen LogP contribution in [0.3, 0.4) is 0 Å². The average molecular weight is 323 g/mol. The van der Waals surface area contributed by atoms with Gasteiger partial charge in [0.2, 0.25) is 0 Å². The maximum Gasteiger partial charge on any atom is 0.292 e. The number of rotatable bonds is 6. The van der Waals surface area contributed by atoms with Gasteiger partial charge in [0.15, 0.2) is 0 Å². The van der Waals surface area contributed by atoms with Gasteiger partial charge in [0.05, 0.1) is 17.3 Å². The van der Waals surface area contributed by atoms with E-state index in [2.05, 4.69) is 10.4 Å². The molecule has 6 nitrogen and oxygen atoms in total. The molecule has 2 rings (SSSR count). The van der Waals surface area contributed by atoms with Crippen molar-refractivity contribution in [3.8, 4) is 0 Å². The summed E-state index contributed by atoms with van der Waals surface area (Å²) in [4.78, 5) is 23.6. The molecule has 0 fully saturated rings. The number of aryl methyl sites for hydroxylation is 1. The molecule has 0 radical (unpaired) electrons. The van der Waals surface area contributed by atoms with Gasteiger partial charge in [-0.1, -0.05) is 6.07 Å². The minimum atomic E-state index is -1.61. The Morgan fingerprint density at radius 3 is 2.57 bits per heavy atom. The molecule has 0 aliphatic heterocycles. The van der Waals surface area contributed by atoms with Crippen molar-refractivity contribution in [3.63, 3.8) is 0 Å². The summed E-state index contributed by atoms with van der Waals surface area (Å²) in [7, 11) is 0. The fraction of sp³-hybridized carbons (Fsp3) is 0.267. The maximum atomic E-state index is 13.5. The van der Waals surface area contributed by atoms with Crippen LogP contribution in [0.2, 0.25) is 0 Å². The van der Waals surface area contributed by atoms with Crippen molar-refractivity contribution in [2.75, 3.05) is 6.54 Å². The molecule has 0 aliphatic carbocycles. The Morgan fingerprint density at radius 2 is 2.00 bits per heavy atom. The van der Waals surface area contributed by atoms with E-state index in [4.69, 9.17) is 0 Å². The molecule has 1 atom stereocenters. The zero-order valence-corrected chi connectivity index (χ0v) is 12.3. The number of carbonyl (C=O) groups excluding carboxylic acids is 2. The first-order chi connectivity index (χ1) is 10.9. The van der Waals surface area contributed by atoms with Crippen LogP contribution in [0.15, 0.2) is 30.6 Å². The molecule has 1 unspecified atom stereocenters. The molecule has 0 spiro atoms. The standard InChI is InChI=1S/C15H15F2N3O3/c1-2-20-8-9(6-19-20)14(22)15(23)18-7-12(21)13-10(16)4-3-5-11(13)17/h3-6,8,12,21H,2,7H2,1H3,(H,18,23). The minimum absolute atomic E-state index is 0.0934. The number of hydrogen-bond donors (Lipinski definition) is 2. The van der Waals surface area contributed by atoms with Crippen LogP contribution in [0.25, 0.3) is 0 Å². The van der Waals surface area contributed by atoms with Gasteiger partial charge >= 0.3 is 0 Å². The van der Waals surface area contributed by atoms with Crippen LogP contribution >= 0.6 is 0 Å².